The molecular weight excluding hydrogens is 408 g/mol. The van der Waals surface area contributed by atoms with Crippen LogP contribution in [0.3, 0.4) is 0 Å². The van der Waals surface area contributed by atoms with E-state index in [4.69, 9.17) is 0 Å². The van der Waals surface area contributed by atoms with Crippen molar-refractivity contribution in [3.05, 3.63) is 12.2 Å². The third-order valence-corrected chi connectivity index (χ3v) is 12.8. The Morgan fingerprint density at radius 2 is 1.58 bits per heavy atom. The summed E-state index contributed by atoms with van der Waals surface area (Å²) in [7, 11) is 0. The predicted octanol–water partition coefficient (Wildman–Crippen LogP) is 6.32. The van der Waals surface area contributed by atoms with E-state index in [1.165, 1.54) is 44.9 Å². The molecule has 5 aliphatic rings. The summed E-state index contributed by atoms with van der Waals surface area (Å²) in [6.07, 6.45) is 14.0. The van der Waals surface area contributed by atoms with Gasteiger partial charge in [0.15, 0.2) is 0 Å². The first-order valence-electron chi connectivity index (χ1n) is 13.8. The van der Waals surface area contributed by atoms with E-state index in [1.54, 1.807) is 19.9 Å². The largest absolute Gasteiger partial charge is 0.389 e. The van der Waals surface area contributed by atoms with Gasteiger partial charge in [-0.15, -0.1) is 0 Å². The summed E-state index contributed by atoms with van der Waals surface area (Å²) >= 11 is 0. The van der Waals surface area contributed by atoms with Gasteiger partial charge in [-0.05, 0) is 111 Å². The lowest BCUT2D eigenvalue weighted by Crippen LogP contribution is -2.57. The number of aliphatic hydroxyl groups is 2. The number of aliphatic hydroxyl groups excluding tert-OH is 1. The quantitative estimate of drug-likeness (QED) is 0.487. The van der Waals surface area contributed by atoms with Crippen molar-refractivity contribution >= 4 is 5.78 Å². The van der Waals surface area contributed by atoms with Crippen molar-refractivity contribution in [2.75, 3.05) is 0 Å². The molecule has 2 N–H and O–H groups in total. The Labute approximate surface area is 201 Å². The Kier molecular flexibility index (Phi) is 5.07. The molecule has 5 rings (SSSR count). The minimum atomic E-state index is -0.889. The molecule has 0 aliphatic heterocycles. The van der Waals surface area contributed by atoms with Gasteiger partial charge in [0.25, 0.3) is 0 Å². The Bertz CT molecular complexity index is 866. The number of rotatable bonds is 4. The maximum Gasteiger partial charge on any atom is 0.138 e. The first kappa shape index (κ1) is 24.0. The fourth-order valence-corrected chi connectivity index (χ4v) is 10.8. The molecule has 3 heteroatoms. The highest BCUT2D eigenvalue weighted by Gasteiger charge is 2.82. The van der Waals surface area contributed by atoms with Crippen LogP contribution in [0, 0.1) is 50.7 Å². The lowest BCUT2D eigenvalue weighted by atomic mass is 9.42. The second-order valence-electron chi connectivity index (χ2n) is 14.7. The maximum absolute atomic E-state index is 12.8. The summed E-state index contributed by atoms with van der Waals surface area (Å²) in [5, 5.41) is 21.1. The van der Waals surface area contributed by atoms with Crippen LogP contribution in [0.25, 0.3) is 0 Å². The molecule has 33 heavy (non-hydrogen) atoms. The van der Waals surface area contributed by atoms with Gasteiger partial charge >= 0.3 is 0 Å². The Hall–Kier alpha value is -0.670. The maximum atomic E-state index is 12.8. The SMILES string of the molecule is C[C@H](C(O)/C=C/C(C)(C)O)[C@H]1CC[C@@]2(C)[C@@H]3CC[C@H]4C(C)(C)C(=O)CC[C@@]45C[C@@]35CC[C@]12C. The zero-order valence-corrected chi connectivity index (χ0v) is 22.2. The lowest BCUT2D eigenvalue weighted by molar-refractivity contribution is -0.158. The first-order chi connectivity index (χ1) is 15.1. The van der Waals surface area contributed by atoms with Crippen molar-refractivity contribution in [3.63, 3.8) is 0 Å². The van der Waals surface area contributed by atoms with Crippen LogP contribution in [0.5, 0.6) is 0 Å². The van der Waals surface area contributed by atoms with E-state index in [2.05, 4.69) is 34.6 Å². The summed E-state index contributed by atoms with van der Waals surface area (Å²) < 4.78 is 0. The van der Waals surface area contributed by atoms with Crippen LogP contribution in [-0.4, -0.2) is 27.7 Å². The van der Waals surface area contributed by atoms with Crippen LogP contribution < -0.4 is 0 Å². The average Bonchev–Trinajstić information content (AvgIpc) is 3.31. The predicted molar refractivity (Wildman–Crippen MR) is 132 cm³/mol. The summed E-state index contributed by atoms with van der Waals surface area (Å²) in [6.45, 7) is 15.4. The van der Waals surface area contributed by atoms with Gasteiger partial charge in [0.1, 0.15) is 5.78 Å². The van der Waals surface area contributed by atoms with E-state index in [0.29, 0.717) is 33.9 Å². The fraction of sp³-hybridized carbons (Fsp3) is 0.900. The molecule has 9 atom stereocenters. The molecule has 5 aliphatic carbocycles. The molecule has 2 spiro atoms. The molecule has 186 valence electrons. The van der Waals surface area contributed by atoms with Crippen molar-refractivity contribution in [1.29, 1.82) is 0 Å². The molecule has 0 bridgehead atoms. The third-order valence-electron chi connectivity index (χ3n) is 12.8. The average molecular weight is 457 g/mol. The van der Waals surface area contributed by atoms with Gasteiger partial charge in [0.05, 0.1) is 11.7 Å². The molecule has 0 aromatic heterocycles. The van der Waals surface area contributed by atoms with Gasteiger partial charge in [-0.2, -0.15) is 0 Å². The Morgan fingerprint density at radius 1 is 0.939 bits per heavy atom. The van der Waals surface area contributed by atoms with Crippen LogP contribution in [0.15, 0.2) is 12.2 Å². The topological polar surface area (TPSA) is 57.5 Å². The molecule has 5 saturated carbocycles. The standard InChI is InChI=1S/C30H48O3/c1-19(21(31)11-13-25(2,3)33)20-10-14-28(7)23-9-8-22-26(4,5)24(32)12-15-29(22)18-30(23,29)17-16-27(20,28)6/h11,13,19-23,31,33H,8-10,12,14-18H2,1-7H3/b13-11+/t19-,20+,21?,22-,23-,27+,28-,29+,30-/m0/s1. The molecule has 3 nitrogen and oxygen atoms in total. The second-order valence-corrected chi connectivity index (χ2v) is 14.7. The Balaban J connectivity index is 1.42. The highest BCUT2D eigenvalue weighted by Crippen LogP contribution is 2.88. The molecule has 0 aromatic rings. The van der Waals surface area contributed by atoms with Crippen LogP contribution in [0.2, 0.25) is 0 Å². The molecule has 5 fully saturated rings. The summed E-state index contributed by atoms with van der Waals surface area (Å²) in [4.78, 5) is 12.8. The molecule has 0 heterocycles. The van der Waals surface area contributed by atoms with Gasteiger partial charge in [-0.25, -0.2) is 0 Å². The molecule has 0 aromatic carbocycles. The third kappa shape index (κ3) is 2.97. The highest BCUT2D eigenvalue weighted by atomic mass is 16.3. The van der Waals surface area contributed by atoms with Crippen LogP contribution in [0.4, 0.5) is 0 Å². The first-order valence-corrected chi connectivity index (χ1v) is 13.8. The number of ketones is 1. The molecule has 1 unspecified atom stereocenters. The number of carbonyl (C=O) groups excluding carboxylic acids is 1. The number of hydrogen-bond acceptors (Lipinski definition) is 3. The number of fused-ring (bicyclic) bond motifs is 2. The van der Waals surface area contributed by atoms with Gasteiger partial charge in [-0.1, -0.05) is 46.8 Å². The minimum Gasteiger partial charge on any atom is -0.389 e. The van der Waals surface area contributed by atoms with Crippen molar-refractivity contribution in [1.82, 2.24) is 0 Å². The van der Waals surface area contributed by atoms with E-state index in [9.17, 15) is 15.0 Å². The van der Waals surface area contributed by atoms with Gasteiger partial charge in [0, 0.05) is 11.8 Å². The van der Waals surface area contributed by atoms with Gasteiger partial charge in [0.2, 0.25) is 0 Å². The second kappa shape index (κ2) is 6.96. The van der Waals surface area contributed by atoms with E-state index in [1.807, 2.05) is 6.08 Å². The smallest absolute Gasteiger partial charge is 0.138 e. The van der Waals surface area contributed by atoms with E-state index in [0.717, 1.165) is 18.8 Å². The zero-order chi connectivity index (χ0) is 24.2. The molecule has 0 amide bonds. The number of carbonyl (C=O) groups is 1. The summed E-state index contributed by atoms with van der Waals surface area (Å²) in [5.74, 6) is 2.57. The molecule has 0 radical (unpaired) electrons. The number of hydrogen-bond donors (Lipinski definition) is 2. The van der Waals surface area contributed by atoms with Crippen LogP contribution in [0.1, 0.15) is 106 Å². The van der Waals surface area contributed by atoms with E-state index >= 15 is 0 Å². The molecular formula is C30H48O3. The number of Topliss-reactive ketones (excluding diaryl/α,β-unsaturated/α-hetero) is 1. The van der Waals surface area contributed by atoms with Crippen molar-refractivity contribution in [2.24, 2.45) is 50.7 Å². The van der Waals surface area contributed by atoms with Crippen molar-refractivity contribution in [3.8, 4) is 0 Å². The zero-order valence-electron chi connectivity index (χ0n) is 22.2. The van der Waals surface area contributed by atoms with Crippen LogP contribution in [-0.2, 0) is 4.79 Å². The van der Waals surface area contributed by atoms with E-state index < -0.39 is 11.7 Å². The minimum absolute atomic E-state index is 0.141. The van der Waals surface area contributed by atoms with Crippen molar-refractivity contribution < 1.29 is 15.0 Å². The fourth-order valence-electron chi connectivity index (χ4n) is 10.8. The summed E-state index contributed by atoms with van der Waals surface area (Å²) in [5.41, 5.74) is 0.445. The lowest BCUT2D eigenvalue weighted by Gasteiger charge is -2.62. The van der Waals surface area contributed by atoms with Crippen molar-refractivity contribution in [2.45, 2.75) is 118 Å². The highest BCUT2D eigenvalue weighted by molar-refractivity contribution is 5.86. The summed E-state index contributed by atoms with van der Waals surface area (Å²) in [6, 6.07) is 0. The van der Waals surface area contributed by atoms with Gasteiger partial charge in [-0.3, -0.25) is 4.79 Å². The Morgan fingerprint density at radius 3 is 2.24 bits per heavy atom. The monoisotopic (exact) mass is 456 g/mol. The molecule has 0 saturated heterocycles. The van der Waals surface area contributed by atoms with E-state index in [-0.39, 0.29) is 16.7 Å². The van der Waals surface area contributed by atoms with Gasteiger partial charge < -0.3 is 10.2 Å². The van der Waals surface area contributed by atoms with Crippen LogP contribution >= 0.6 is 0 Å². The normalized spacial score (nSPS) is 50.2.